The Morgan fingerprint density at radius 3 is 2.30 bits per heavy atom. The molecule has 0 aromatic heterocycles. The lowest BCUT2D eigenvalue weighted by Crippen LogP contribution is -2.45. The fourth-order valence-corrected chi connectivity index (χ4v) is 3.52. The van der Waals surface area contributed by atoms with E-state index in [9.17, 15) is 5.11 Å². The topological polar surface area (TPSA) is 26.7 Å². The number of hydrogen-bond donors (Lipinski definition) is 1. The molecule has 1 unspecified atom stereocenters. The van der Waals surface area contributed by atoms with Gasteiger partial charge in [0.05, 0.1) is 6.10 Å². The first-order valence-electron chi connectivity index (χ1n) is 8.43. The van der Waals surface area contributed by atoms with E-state index in [4.69, 9.17) is 0 Å². The molecular weight excluding hydrogens is 331 g/mol. The molecule has 1 atom stereocenters. The predicted molar refractivity (Wildman–Crippen MR) is 101 cm³/mol. The molecule has 1 aliphatic carbocycles. The minimum Gasteiger partial charge on any atom is -0.387 e. The van der Waals surface area contributed by atoms with E-state index in [2.05, 4.69) is 35.0 Å². The number of aliphatic hydroxyl groups is 1. The highest BCUT2D eigenvalue weighted by atomic mass is 35.5. The van der Waals surface area contributed by atoms with Crippen LogP contribution < -0.4 is 0 Å². The molecule has 1 aromatic carbocycles. The Labute approximate surface area is 152 Å². The van der Waals surface area contributed by atoms with Gasteiger partial charge >= 0.3 is 0 Å². The fraction of sp³-hybridized carbons (Fsp3) is 0.667. The summed E-state index contributed by atoms with van der Waals surface area (Å²) in [6.07, 6.45) is 6.01. The molecule has 0 radical (unpaired) electrons. The summed E-state index contributed by atoms with van der Waals surface area (Å²) in [6.45, 7) is 5.12. The largest absolute Gasteiger partial charge is 0.387 e. The number of rotatable bonds is 3. The van der Waals surface area contributed by atoms with Crippen molar-refractivity contribution in [3.8, 4) is 0 Å². The second kappa shape index (κ2) is 9.85. The number of aliphatic hydroxyl groups excluding tert-OH is 1. The average molecular weight is 361 g/mol. The summed E-state index contributed by atoms with van der Waals surface area (Å²) >= 11 is 0. The lowest BCUT2D eigenvalue weighted by molar-refractivity contribution is 0.0805. The third-order valence-electron chi connectivity index (χ3n) is 5.03. The third kappa shape index (κ3) is 5.61. The molecule has 1 fully saturated rings. The van der Waals surface area contributed by atoms with Crippen LogP contribution in [0.15, 0.2) is 18.2 Å². The van der Waals surface area contributed by atoms with Crippen molar-refractivity contribution in [3.05, 3.63) is 34.9 Å². The van der Waals surface area contributed by atoms with E-state index >= 15 is 0 Å². The molecule has 1 aromatic rings. The quantitative estimate of drug-likeness (QED) is 0.839. The first-order valence-corrected chi connectivity index (χ1v) is 8.43. The number of β-amino-alcohol motifs (C(OH)–C–C–N with tert-alkyl or cyclic N) is 1. The lowest BCUT2D eigenvalue weighted by atomic mass is 9.97. The molecule has 0 spiro atoms. The molecule has 0 amide bonds. The van der Waals surface area contributed by atoms with Gasteiger partial charge in [0.1, 0.15) is 0 Å². The molecule has 0 saturated carbocycles. The Hall–Kier alpha value is -0.320. The highest BCUT2D eigenvalue weighted by Gasteiger charge is 2.19. The van der Waals surface area contributed by atoms with E-state index in [-0.39, 0.29) is 30.9 Å². The van der Waals surface area contributed by atoms with Crippen molar-refractivity contribution in [2.24, 2.45) is 0 Å². The number of benzene rings is 1. The van der Waals surface area contributed by atoms with Crippen molar-refractivity contribution in [2.45, 2.75) is 38.2 Å². The van der Waals surface area contributed by atoms with Gasteiger partial charge in [-0.25, -0.2) is 0 Å². The molecule has 3 rings (SSSR count). The van der Waals surface area contributed by atoms with Gasteiger partial charge in [-0.05, 0) is 49.4 Å². The molecule has 1 heterocycles. The lowest BCUT2D eigenvalue weighted by Gasteiger charge is -2.33. The number of piperazine rings is 1. The van der Waals surface area contributed by atoms with Gasteiger partial charge in [-0.3, -0.25) is 4.90 Å². The zero-order valence-corrected chi connectivity index (χ0v) is 15.7. The van der Waals surface area contributed by atoms with Crippen molar-refractivity contribution in [3.63, 3.8) is 0 Å². The van der Waals surface area contributed by atoms with Crippen molar-refractivity contribution in [2.75, 3.05) is 39.8 Å². The first-order chi connectivity index (χ1) is 10.2. The van der Waals surface area contributed by atoms with Crippen molar-refractivity contribution in [1.82, 2.24) is 9.80 Å². The van der Waals surface area contributed by atoms with Gasteiger partial charge in [-0.15, -0.1) is 24.8 Å². The first kappa shape index (κ1) is 20.7. The van der Waals surface area contributed by atoms with Crippen LogP contribution in [0, 0.1) is 0 Å². The van der Waals surface area contributed by atoms with Crippen LogP contribution in [0.1, 0.15) is 42.1 Å². The fourth-order valence-electron chi connectivity index (χ4n) is 3.52. The Kier molecular flexibility index (Phi) is 8.88. The van der Waals surface area contributed by atoms with Crippen LogP contribution in [0.25, 0.3) is 0 Å². The summed E-state index contributed by atoms with van der Waals surface area (Å²) < 4.78 is 0. The Bertz CT molecular complexity index is 476. The Balaban J connectivity index is 0.00000132. The van der Waals surface area contributed by atoms with Crippen LogP contribution in [0.5, 0.6) is 0 Å². The molecule has 0 bridgehead atoms. The van der Waals surface area contributed by atoms with Crippen molar-refractivity contribution in [1.29, 1.82) is 0 Å². The maximum Gasteiger partial charge on any atom is 0.0917 e. The molecule has 1 N–H and O–H groups in total. The maximum atomic E-state index is 10.6. The van der Waals surface area contributed by atoms with Crippen molar-refractivity contribution < 1.29 is 5.11 Å². The molecule has 1 saturated heterocycles. The summed E-state index contributed by atoms with van der Waals surface area (Å²) in [6, 6.07) is 6.66. The smallest absolute Gasteiger partial charge is 0.0917 e. The van der Waals surface area contributed by atoms with Gasteiger partial charge in [0, 0.05) is 32.7 Å². The van der Waals surface area contributed by atoms with Crippen LogP contribution in [-0.4, -0.2) is 54.7 Å². The van der Waals surface area contributed by atoms with Gasteiger partial charge in [-0.1, -0.05) is 24.6 Å². The highest BCUT2D eigenvalue weighted by molar-refractivity contribution is 5.85. The van der Waals surface area contributed by atoms with Gasteiger partial charge < -0.3 is 10.0 Å². The van der Waals surface area contributed by atoms with Crippen LogP contribution >= 0.6 is 24.8 Å². The van der Waals surface area contributed by atoms with Crippen LogP contribution in [0.3, 0.4) is 0 Å². The van der Waals surface area contributed by atoms with Crippen LogP contribution in [0.4, 0.5) is 0 Å². The average Bonchev–Trinajstić information content (AvgIpc) is 2.74. The number of nitrogens with zero attached hydrogens (tertiary/aromatic N) is 2. The summed E-state index contributed by atoms with van der Waals surface area (Å²) in [5, 5.41) is 10.6. The molecular formula is C18H30Cl2N2O. The van der Waals surface area contributed by atoms with Crippen molar-refractivity contribution >= 4 is 24.8 Å². The van der Waals surface area contributed by atoms with Gasteiger partial charge in [-0.2, -0.15) is 0 Å². The molecule has 1 aliphatic heterocycles. The summed E-state index contributed by atoms with van der Waals surface area (Å²) in [5.74, 6) is 0. The van der Waals surface area contributed by atoms with E-state index < -0.39 is 0 Å². The number of aryl methyl sites for hydroxylation is 2. The Morgan fingerprint density at radius 2 is 1.61 bits per heavy atom. The van der Waals surface area contributed by atoms with Gasteiger partial charge in [0.15, 0.2) is 0 Å². The van der Waals surface area contributed by atoms with E-state index in [1.165, 1.54) is 43.2 Å². The normalized spacial score (nSPS) is 20.6. The van der Waals surface area contributed by atoms with Crippen LogP contribution in [0.2, 0.25) is 0 Å². The van der Waals surface area contributed by atoms with Crippen LogP contribution in [-0.2, 0) is 12.8 Å². The summed E-state index contributed by atoms with van der Waals surface area (Å²) in [4.78, 5) is 4.74. The monoisotopic (exact) mass is 360 g/mol. The predicted octanol–water partition coefficient (Wildman–Crippen LogP) is 3.08. The number of halogens is 2. The molecule has 23 heavy (non-hydrogen) atoms. The minimum atomic E-state index is -0.345. The highest BCUT2D eigenvalue weighted by Crippen LogP contribution is 2.25. The third-order valence-corrected chi connectivity index (χ3v) is 5.03. The number of hydrogen-bond acceptors (Lipinski definition) is 3. The molecule has 3 nitrogen and oxygen atoms in total. The number of likely N-dealkylation sites (N-methyl/N-ethyl adjacent to an activating group) is 1. The van der Waals surface area contributed by atoms with E-state index in [0.29, 0.717) is 0 Å². The maximum absolute atomic E-state index is 10.6. The summed E-state index contributed by atoms with van der Waals surface area (Å²) in [5.41, 5.74) is 4.08. The molecule has 5 heteroatoms. The van der Waals surface area contributed by atoms with E-state index in [1.54, 1.807) is 0 Å². The molecule has 2 aliphatic rings. The zero-order valence-electron chi connectivity index (χ0n) is 14.0. The van der Waals surface area contributed by atoms with E-state index in [1.807, 2.05) is 0 Å². The van der Waals surface area contributed by atoms with Gasteiger partial charge in [0.25, 0.3) is 0 Å². The second-order valence-electron chi connectivity index (χ2n) is 6.71. The summed E-state index contributed by atoms with van der Waals surface area (Å²) in [7, 11) is 2.17. The standard InChI is InChI=1S/C18H28N2O.2ClH/c1-19-9-11-20(12-10-19)14-18(21)17-8-7-15-5-3-2-4-6-16(15)13-17;;/h7-8,13,18,21H,2-6,9-12,14H2,1H3;2*1H. The number of fused-ring (bicyclic) bond motifs is 1. The minimum absolute atomic E-state index is 0. The SMILES string of the molecule is CN1CCN(CC(O)c2ccc3c(c2)CCCCC3)CC1.Cl.Cl. The van der Waals surface area contributed by atoms with Gasteiger partial charge in [0.2, 0.25) is 0 Å². The Morgan fingerprint density at radius 1 is 0.957 bits per heavy atom. The molecule has 132 valence electrons. The van der Waals surface area contributed by atoms with E-state index in [0.717, 1.165) is 38.3 Å². The second-order valence-corrected chi connectivity index (χ2v) is 6.71. The zero-order chi connectivity index (χ0) is 14.7.